The molecule has 1 atom stereocenters. The number of H-pyrrole nitrogens is 1. The van der Waals surface area contributed by atoms with E-state index in [9.17, 15) is 4.79 Å². The molecule has 1 unspecified atom stereocenters. The van der Waals surface area contributed by atoms with Crippen molar-refractivity contribution in [1.29, 1.82) is 0 Å². The number of fused-ring (bicyclic) bond motifs is 3. The molecule has 3 rings (SSSR count). The van der Waals surface area contributed by atoms with Gasteiger partial charge in [-0.2, -0.15) is 0 Å². The van der Waals surface area contributed by atoms with Crippen molar-refractivity contribution in [2.75, 3.05) is 5.33 Å². The smallest absolute Gasteiger partial charge is 0.173 e. The quantitative estimate of drug-likeness (QED) is 0.434. The highest BCUT2D eigenvalue weighted by atomic mass is 127. The molecule has 0 amide bonds. The number of hydrogen-bond donors (Lipinski definition) is 1. The van der Waals surface area contributed by atoms with E-state index >= 15 is 0 Å². The average molecular weight is 443 g/mol. The van der Waals surface area contributed by atoms with Gasteiger partial charge < -0.3 is 4.98 Å². The Morgan fingerprint density at radius 1 is 1.50 bits per heavy atom. The molecule has 0 radical (unpaired) electrons. The van der Waals surface area contributed by atoms with Crippen molar-refractivity contribution < 1.29 is 4.79 Å². The first-order valence-electron chi connectivity index (χ1n) is 6.18. The second-order valence-corrected chi connectivity index (χ2v) is 7.83. The Hall–Kier alpha value is -0.950. The molecule has 1 aliphatic heterocycles. The van der Waals surface area contributed by atoms with Crippen LogP contribution in [0.25, 0.3) is 17.0 Å². The number of Topliss-reactive ketones (excluding diaryl/α,β-unsaturated/α-hetero) is 1. The summed E-state index contributed by atoms with van der Waals surface area (Å²) in [5.74, 6) is 0.0859. The van der Waals surface area contributed by atoms with E-state index in [2.05, 4.69) is 67.6 Å². The van der Waals surface area contributed by atoms with Crippen LogP contribution in [0.5, 0.6) is 0 Å². The largest absolute Gasteiger partial charge is 0.339 e. The Morgan fingerprint density at radius 2 is 2.30 bits per heavy atom. The Balaban J connectivity index is 2.36. The molecule has 1 aromatic heterocycles. The summed E-state index contributed by atoms with van der Waals surface area (Å²) in [4.78, 5) is 19.6. The van der Waals surface area contributed by atoms with Gasteiger partial charge in [-0.15, -0.1) is 0 Å². The van der Waals surface area contributed by atoms with Gasteiger partial charge in [-0.25, -0.2) is 4.99 Å². The van der Waals surface area contributed by atoms with E-state index in [1.807, 2.05) is 24.4 Å². The molecular formula is C15H12BrIN2O. The molecule has 1 N–H and O–H groups in total. The molecule has 5 heteroatoms. The highest BCUT2D eigenvalue weighted by Crippen LogP contribution is 2.23. The number of nitrogens with one attached hydrogen (secondary N) is 1. The number of aromatic amines is 1. The summed E-state index contributed by atoms with van der Waals surface area (Å²) in [5, 5.41) is 2.44. The number of rotatable bonds is 2. The van der Waals surface area contributed by atoms with E-state index in [4.69, 9.17) is 0 Å². The molecular weight excluding hydrogens is 431 g/mol. The Labute approximate surface area is 138 Å². The minimum absolute atomic E-state index is 0.0859. The maximum atomic E-state index is 11.8. The van der Waals surface area contributed by atoms with Crippen LogP contribution in [0.4, 0.5) is 0 Å². The van der Waals surface area contributed by atoms with Crippen LogP contribution < -0.4 is 10.7 Å². The number of allylic oxidation sites excluding steroid dienone is 1. The molecule has 1 aliphatic rings. The third kappa shape index (κ3) is 2.48. The number of carbonyl (C=O) groups excluding carboxylic acids is 1. The summed E-state index contributed by atoms with van der Waals surface area (Å²) < 4.78 is -0.0862. The second kappa shape index (κ2) is 5.11. The fraction of sp³-hybridized carbons (Fsp3) is 0.200. The third-order valence-corrected chi connectivity index (χ3v) is 4.47. The topological polar surface area (TPSA) is 45.2 Å². The molecule has 0 saturated heterocycles. The highest BCUT2D eigenvalue weighted by Gasteiger charge is 2.16. The van der Waals surface area contributed by atoms with Crippen LogP contribution in [0.15, 0.2) is 35.5 Å². The number of aromatic nitrogens is 1. The number of benzene rings is 1. The van der Waals surface area contributed by atoms with Crippen molar-refractivity contribution in [2.24, 2.45) is 4.99 Å². The Kier molecular flexibility index (Phi) is 3.58. The standard InChI is InChI=1S/C15H12BrIN2O/c1-15(17)4-5-18-14-11(7-15)10-6-9(13(20)8-16)2-3-12(10)19-14/h2-7H,8H2,1H3,(H,18,19). The van der Waals surface area contributed by atoms with Crippen molar-refractivity contribution in [1.82, 2.24) is 4.98 Å². The van der Waals surface area contributed by atoms with Crippen LogP contribution in [0.1, 0.15) is 17.3 Å². The van der Waals surface area contributed by atoms with Crippen LogP contribution in [0.3, 0.4) is 0 Å². The summed E-state index contributed by atoms with van der Waals surface area (Å²) in [6.07, 6.45) is 6.06. The number of alkyl halides is 2. The van der Waals surface area contributed by atoms with Gasteiger partial charge in [-0.05, 0) is 31.2 Å². The zero-order valence-corrected chi connectivity index (χ0v) is 14.5. The predicted molar refractivity (Wildman–Crippen MR) is 93.2 cm³/mol. The summed E-state index contributed by atoms with van der Waals surface area (Å²) in [5.41, 5.74) is 2.57. The maximum Gasteiger partial charge on any atom is 0.173 e. The van der Waals surface area contributed by atoms with E-state index in [0.29, 0.717) is 5.33 Å². The van der Waals surface area contributed by atoms with Gasteiger partial charge in [0.05, 0.1) is 8.75 Å². The molecule has 1 aromatic carbocycles. The van der Waals surface area contributed by atoms with Crippen molar-refractivity contribution in [2.45, 2.75) is 10.3 Å². The number of carbonyl (C=O) groups is 1. The maximum absolute atomic E-state index is 11.8. The minimum atomic E-state index is -0.0862. The summed E-state index contributed by atoms with van der Waals surface area (Å²) in [7, 11) is 0. The van der Waals surface area contributed by atoms with Crippen LogP contribution in [-0.2, 0) is 0 Å². The Morgan fingerprint density at radius 3 is 3.05 bits per heavy atom. The summed E-state index contributed by atoms with van der Waals surface area (Å²) in [6, 6.07) is 5.73. The lowest BCUT2D eigenvalue weighted by Crippen LogP contribution is -2.25. The van der Waals surface area contributed by atoms with Crippen LogP contribution in [0, 0.1) is 0 Å². The van der Waals surface area contributed by atoms with E-state index in [1.54, 1.807) is 0 Å². The van der Waals surface area contributed by atoms with E-state index < -0.39 is 0 Å². The number of ketones is 1. The molecule has 102 valence electrons. The predicted octanol–water partition coefficient (Wildman–Crippen LogP) is 2.87. The SMILES string of the molecule is CC1(I)C=CN=c2[nH]c3ccc(C(=O)CBr)cc3c2=C1. The molecule has 0 spiro atoms. The first kappa shape index (κ1) is 14.0. The van der Waals surface area contributed by atoms with Gasteiger partial charge in [0.15, 0.2) is 5.78 Å². The van der Waals surface area contributed by atoms with E-state index in [-0.39, 0.29) is 9.20 Å². The zero-order chi connectivity index (χ0) is 14.3. The van der Waals surface area contributed by atoms with Gasteiger partial charge in [0.25, 0.3) is 0 Å². The molecule has 20 heavy (non-hydrogen) atoms. The Bertz CT molecular complexity index is 849. The fourth-order valence-electron chi connectivity index (χ4n) is 2.28. The molecule has 2 heterocycles. The van der Waals surface area contributed by atoms with Gasteiger partial charge in [0.1, 0.15) is 5.49 Å². The molecule has 3 nitrogen and oxygen atoms in total. The third-order valence-electron chi connectivity index (χ3n) is 3.29. The van der Waals surface area contributed by atoms with Gasteiger partial charge in [-0.1, -0.05) is 44.6 Å². The summed E-state index contributed by atoms with van der Waals surface area (Å²) in [6.45, 7) is 2.13. The zero-order valence-electron chi connectivity index (χ0n) is 10.8. The monoisotopic (exact) mass is 442 g/mol. The normalized spacial score (nSPS) is 20.9. The van der Waals surface area contributed by atoms with Crippen LogP contribution in [-0.4, -0.2) is 19.5 Å². The lowest BCUT2D eigenvalue weighted by molar-refractivity contribution is 0.102. The van der Waals surface area contributed by atoms with Crippen LogP contribution in [0.2, 0.25) is 0 Å². The fourth-order valence-corrected chi connectivity index (χ4v) is 3.08. The van der Waals surface area contributed by atoms with Crippen molar-refractivity contribution >= 4 is 61.3 Å². The average Bonchev–Trinajstić information content (AvgIpc) is 2.66. The molecule has 0 bridgehead atoms. The first-order valence-corrected chi connectivity index (χ1v) is 8.38. The first-order chi connectivity index (χ1) is 9.50. The number of nitrogens with zero attached hydrogens (tertiary/aromatic N) is 1. The van der Waals surface area contributed by atoms with E-state index in [0.717, 1.165) is 27.2 Å². The van der Waals surface area contributed by atoms with E-state index in [1.165, 1.54) is 0 Å². The van der Waals surface area contributed by atoms with Crippen molar-refractivity contribution in [3.8, 4) is 0 Å². The lowest BCUT2D eigenvalue weighted by Gasteiger charge is -2.09. The minimum Gasteiger partial charge on any atom is -0.339 e. The van der Waals surface area contributed by atoms with Gasteiger partial charge in [0, 0.05) is 27.9 Å². The lowest BCUT2D eigenvalue weighted by atomic mass is 10.1. The van der Waals surface area contributed by atoms with Gasteiger partial charge in [0.2, 0.25) is 0 Å². The molecule has 2 aromatic rings. The number of halogens is 2. The number of hydrogen-bond acceptors (Lipinski definition) is 2. The molecule has 0 aliphatic carbocycles. The highest BCUT2D eigenvalue weighted by molar-refractivity contribution is 14.1. The summed E-state index contributed by atoms with van der Waals surface area (Å²) >= 11 is 5.60. The van der Waals surface area contributed by atoms with Gasteiger partial charge in [-0.3, -0.25) is 4.79 Å². The second-order valence-electron chi connectivity index (χ2n) is 4.94. The van der Waals surface area contributed by atoms with Gasteiger partial charge >= 0.3 is 0 Å². The van der Waals surface area contributed by atoms with Crippen molar-refractivity contribution in [3.63, 3.8) is 0 Å². The van der Waals surface area contributed by atoms with Crippen molar-refractivity contribution in [3.05, 3.63) is 46.7 Å². The van der Waals surface area contributed by atoms with Crippen LogP contribution >= 0.6 is 38.5 Å². The molecule has 0 saturated carbocycles. The molecule has 0 fully saturated rings.